The number of aromatic nitrogens is 3. The van der Waals surface area contributed by atoms with Gasteiger partial charge in [0.05, 0.1) is 16.9 Å². The quantitative estimate of drug-likeness (QED) is 0.163. The average Bonchev–Trinajstić information content (AvgIpc) is 3.71. The first-order chi connectivity index (χ1) is 22.5. The first-order valence-electron chi connectivity index (χ1n) is 15.8. The summed E-state index contributed by atoms with van der Waals surface area (Å²) in [6.45, 7) is 9.03. The van der Waals surface area contributed by atoms with Crippen molar-refractivity contribution in [2.75, 3.05) is 0 Å². The number of furan rings is 1. The third kappa shape index (κ3) is 6.17. The fourth-order valence-corrected chi connectivity index (χ4v) is 6.14. The molecule has 4 nitrogen and oxygen atoms in total. The van der Waals surface area contributed by atoms with Gasteiger partial charge in [0.1, 0.15) is 0 Å². The van der Waals surface area contributed by atoms with E-state index >= 15 is 0 Å². The van der Waals surface area contributed by atoms with Gasteiger partial charge in [0.15, 0.2) is 0 Å². The summed E-state index contributed by atoms with van der Waals surface area (Å²) >= 11 is 0. The summed E-state index contributed by atoms with van der Waals surface area (Å²) < 4.78 is 8.41. The van der Waals surface area contributed by atoms with Gasteiger partial charge in [-0.15, -0.1) is 42.0 Å². The van der Waals surface area contributed by atoms with Crippen LogP contribution in [0.1, 0.15) is 50.7 Å². The van der Waals surface area contributed by atoms with E-state index in [1.807, 2.05) is 54.6 Å². The molecule has 3 heterocycles. The Morgan fingerprint density at radius 1 is 0.681 bits per heavy atom. The Morgan fingerprint density at radius 2 is 1.40 bits per heavy atom. The number of pyridine rings is 1. The molecule has 5 heteroatoms. The molecule has 8 aromatic rings. The molecule has 0 fully saturated rings. The van der Waals surface area contributed by atoms with Gasteiger partial charge in [-0.2, -0.15) is 0 Å². The Kier molecular flexibility index (Phi) is 9.49. The SMILES string of the molecule is CC(C)c1cccc(C(C)C)c1-n1c(-c2[c-]oc3c2ccc2ccccc23)nc2ccccc21.[Ir].[c-]1ccccc1-c1ccccn1. The van der Waals surface area contributed by atoms with Crippen LogP contribution in [0.2, 0.25) is 0 Å². The van der Waals surface area contributed by atoms with Crippen molar-refractivity contribution >= 4 is 32.8 Å². The molecule has 0 bridgehead atoms. The smallest absolute Gasteiger partial charge is 0.0774 e. The molecule has 3 aromatic heterocycles. The monoisotopic (exact) mass is 790 g/mol. The van der Waals surface area contributed by atoms with Crippen molar-refractivity contribution < 1.29 is 24.5 Å². The normalized spacial score (nSPS) is 11.2. The van der Waals surface area contributed by atoms with E-state index in [-0.39, 0.29) is 20.1 Å². The maximum Gasteiger partial charge on any atom is 0.0774 e. The molecule has 5 aromatic carbocycles. The Hall–Kier alpha value is -4.83. The third-order valence-electron chi connectivity index (χ3n) is 8.40. The molecule has 0 saturated carbocycles. The van der Waals surface area contributed by atoms with E-state index in [4.69, 9.17) is 9.40 Å². The van der Waals surface area contributed by atoms with Crippen molar-refractivity contribution in [2.45, 2.75) is 39.5 Å². The number of rotatable bonds is 5. The molecular formula is C42H35IrN3O-2. The zero-order chi connectivity index (χ0) is 31.6. The molecule has 0 unspecified atom stereocenters. The molecular weight excluding hydrogens is 755 g/mol. The van der Waals surface area contributed by atoms with Gasteiger partial charge in [-0.3, -0.25) is 4.98 Å². The van der Waals surface area contributed by atoms with Gasteiger partial charge in [0.2, 0.25) is 0 Å². The number of para-hydroxylation sites is 3. The standard InChI is InChI=1S/C31H27N2O.C11H8N.Ir/c1-19(2)22-12-9-13-23(20(3)4)29(22)33-28-15-8-7-14-27(28)32-31(33)26-18-34-30-24-11-6-5-10-21(24)16-17-25(26)30;1-2-6-10(7-3-1)11-8-4-5-9-12-11;/h5-17,19-20H,1-4H3;1-6,8-9H;/q2*-1;. The second-order valence-electron chi connectivity index (χ2n) is 12.1. The van der Waals surface area contributed by atoms with Crippen molar-refractivity contribution in [3.05, 3.63) is 151 Å². The summed E-state index contributed by atoms with van der Waals surface area (Å²) in [4.78, 5) is 9.35. The van der Waals surface area contributed by atoms with E-state index in [1.54, 1.807) is 6.20 Å². The third-order valence-corrected chi connectivity index (χ3v) is 8.40. The molecule has 1 radical (unpaired) electrons. The average molecular weight is 790 g/mol. The van der Waals surface area contributed by atoms with E-state index in [9.17, 15) is 0 Å². The maximum absolute atomic E-state index is 6.08. The molecule has 8 rings (SSSR count). The molecule has 235 valence electrons. The molecule has 0 N–H and O–H groups in total. The predicted octanol–water partition coefficient (Wildman–Crippen LogP) is 11.2. The summed E-state index contributed by atoms with van der Waals surface area (Å²) in [5, 5.41) is 3.28. The summed E-state index contributed by atoms with van der Waals surface area (Å²) in [6.07, 6.45) is 5.02. The van der Waals surface area contributed by atoms with Gasteiger partial charge in [-0.25, -0.2) is 0 Å². The Labute approximate surface area is 289 Å². The van der Waals surface area contributed by atoms with Gasteiger partial charge in [0.25, 0.3) is 0 Å². The van der Waals surface area contributed by atoms with Crippen LogP contribution in [0.15, 0.2) is 132 Å². The van der Waals surface area contributed by atoms with Gasteiger partial charge in [-0.1, -0.05) is 111 Å². The van der Waals surface area contributed by atoms with Crippen LogP contribution in [0, 0.1) is 12.3 Å². The summed E-state index contributed by atoms with van der Waals surface area (Å²) in [5.41, 5.74) is 9.67. The van der Waals surface area contributed by atoms with Crippen LogP contribution in [0.4, 0.5) is 0 Å². The van der Waals surface area contributed by atoms with Crippen molar-refractivity contribution in [1.82, 2.24) is 14.5 Å². The summed E-state index contributed by atoms with van der Waals surface area (Å²) in [6, 6.07) is 44.5. The molecule has 0 saturated heterocycles. The van der Waals surface area contributed by atoms with Gasteiger partial charge < -0.3 is 14.0 Å². The molecule has 0 aliphatic heterocycles. The first kappa shape index (κ1) is 32.1. The Bertz CT molecular complexity index is 2200. The number of imidazole rings is 1. The fourth-order valence-electron chi connectivity index (χ4n) is 6.14. The van der Waals surface area contributed by atoms with Crippen LogP contribution >= 0.6 is 0 Å². The van der Waals surface area contributed by atoms with Gasteiger partial charge >= 0.3 is 0 Å². The van der Waals surface area contributed by atoms with Crippen molar-refractivity contribution in [1.29, 1.82) is 0 Å². The van der Waals surface area contributed by atoms with E-state index < -0.39 is 0 Å². The molecule has 0 spiro atoms. The number of benzene rings is 5. The molecule has 0 atom stereocenters. The number of hydrogen-bond donors (Lipinski definition) is 0. The minimum Gasteiger partial charge on any atom is -0.557 e. The minimum absolute atomic E-state index is 0. The predicted molar refractivity (Wildman–Crippen MR) is 189 cm³/mol. The van der Waals surface area contributed by atoms with Crippen LogP contribution in [0.3, 0.4) is 0 Å². The number of hydrogen-bond acceptors (Lipinski definition) is 3. The van der Waals surface area contributed by atoms with E-state index in [1.165, 1.54) is 16.8 Å². The molecule has 0 aliphatic carbocycles. The first-order valence-corrected chi connectivity index (χ1v) is 15.8. The number of fused-ring (bicyclic) bond motifs is 4. The van der Waals surface area contributed by atoms with Crippen LogP contribution in [0.5, 0.6) is 0 Å². The van der Waals surface area contributed by atoms with E-state index in [0.717, 1.165) is 55.4 Å². The minimum atomic E-state index is 0. The Balaban J connectivity index is 0.000000250. The van der Waals surface area contributed by atoms with Crippen molar-refractivity contribution in [2.24, 2.45) is 0 Å². The molecule has 0 aliphatic rings. The summed E-state index contributed by atoms with van der Waals surface area (Å²) in [5.74, 6) is 1.61. The second-order valence-corrected chi connectivity index (χ2v) is 12.1. The second kappa shape index (κ2) is 13.9. The van der Waals surface area contributed by atoms with Crippen molar-refractivity contribution in [3.8, 4) is 28.3 Å². The summed E-state index contributed by atoms with van der Waals surface area (Å²) in [7, 11) is 0. The topological polar surface area (TPSA) is 43.9 Å². The number of nitrogens with zero attached hydrogens (tertiary/aromatic N) is 3. The zero-order valence-corrected chi connectivity index (χ0v) is 29.3. The largest absolute Gasteiger partial charge is 0.557 e. The zero-order valence-electron chi connectivity index (χ0n) is 26.9. The van der Waals surface area contributed by atoms with Gasteiger partial charge in [-0.05, 0) is 57.6 Å². The molecule has 47 heavy (non-hydrogen) atoms. The van der Waals surface area contributed by atoms with Crippen LogP contribution in [0.25, 0.3) is 61.1 Å². The van der Waals surface area contributed by atoms with E-state index in [0.29, 0.717) is 11.8 Å². The van der Waals surface area contributed by atoms with E-state index in [2.05, 4.69) is 116 Å². The van der Waals surface area contributed by atoms with Gasteiger partial charge in [0, 0.05) is 43.8 Å². The fraction of sp³-hybridized carbons (Fsp3) is 0.143. The maximum atomic E-state index is 6.08. The van der Waals surface area contributed by atoms with Crippen LogP contribution in [-0.2, 0) is 20.1 Å². The Morgan fingerprint density at radius 3 is 2.13 bits per heavy atom. The van der Waals surface area contributed by atoms with Crippen LogP contribution in [-0.4, -0.2) is 14.5 Å². The van der Waals surface area contributed by atoms with Crippen LogP contribution < -0.4 is 0 Å². The van der Waals surface area contributed by atoms with Crippen molar-refractivity contribution in [3.63, 3.8) is 0 Å². The molecule has 0 amide bonds.